The molecule has 0 atom stereocenters. The van der Waals surface area contributed by atoms with Gasteiger partial charge in [0.15, 0.2) is 0 Å². The number of thiophene rings is 1. The molecule has 16 heavy (non-hydrogen) atoms. The second kappa shape index (κ2) is 4.94. The first-order chi connectivity index (χ1) is 7.75. The normalized spacial score (nSPS) is 10.1. The van der Waals surface area contributed by atoms with Crippen LogP contribution in [-0.4, -0.2) is 5.91 Å². The van der Waals surface area contributed by atoms with Crippen molar-refractivity contribution in [2.24, 2.45) is 0 Å². The average molecular weight is 230 g/mol. The topological polar surface area (TPSA) is 29.1 Å². The van der Waals surface area contributed by atoms with Gasteiger partial charge in [-0.1, -0.05) is 24.3 Å². The molecule has 1 amide bonds. The van der Waals surface area contributed by atoms with E-state index in [1.54, 1.807) is 11.3 Å². The van der Waals surface area contributed by atoms with E-state index in [0.29, 0.717) is 6.54 Å². The van der Waals surface area contributed by atoms with Crippen LogP contribution >= 0.6 is 11.3 Å². The second-order valence-corrected chi connectivity index (χ2v) is 4.40. The summed E-state index contributed by atoms with van der Waals surface area (Å²) in [5.41, 5.74) is 2.30. The third-order valence-corrected chi connectivity index (χ3v) is 3.10. The van der Waals surface area contributed by atoms with Gasteiger partial charge in [0.2, 0.25) is 5.91 Å². The number of benzene rings is 1. The lowest BCUT2D eigenvalue weighted by atomic mass is 10.1. The van der Waals surface area contributed by atoms with E-state index in [1.165, 1.54) is 17.4 Å². The summed E-state index contributed by atoms with van der Waals surface area (Å²) in [4.78, 5) is 12.0. The van der Waals surface area contributed by atoms with Gasteiger partial charge in [0.25, 0.3) is 0 Å². The predicted octanol–water partition coefficient (Wildman–Crippen LogP) is 2.85. The van der Waals surface area contributed by atoms with Crippen molar-refractivity contribution in [2.45, 2.75) is 13.5 Å². The van der Waals surface area contributed by atoms with Crippen molar-refractivity contribution in [2.75, 3.05) is 0 Å². The van der Waals surface area contributed by atoms with Crippen LogP contribution in [0.1, 0.15) is 12.5 Å². The van der Waals surface area contributed by atoms with Crippen LogP contribution in [0.4, 0.5) is 0 Å². The SMILES string of the molecule is CC(=O)NCc1ccc(-c2cc[c]s2)cc1. The Morgan fingerprint density at radius 3 is 2.62 bits per heavy atom. The van der Waals surface area contributed by atoms with Crippen LogP contribution in [0.3, 0.4) is 0 Å². The van der Waals surface area contributed by atoms with Gasteiger partial charge in [-0.3, -0.25) is 4.79 Å². The molecule has 0 unspecified atom stereocenters. The summed E-state index contributed by atoms with van der Waals surface area (Å²) in [5.74, 6) is -0.00284. The minimum Gasteiger partial charge on any atom is -0.352 e. The molecule has 1 heterocycles. The minimum absolute atomic E-state index is 0.00284. The fourth-order valence-electron chi connectivity index (χ4n) is 1.41. The van der Waals surface area contributed by atoms with Gasteiger partial charge in [-0.2, -0.15) is 0 Å². The quantitative estimate of drug-likeness (QED) is 0.863. The van der Waals surface area contributed by atoms with Gasteiger partial charge >= 0.3 is 0 Å². The molecule has 0 saturated heterocycles. The number of amides is 1. The van der Waals surface area contributed by atoms with E-state index in [4.69, 9.17) is 0 Å². The summed E-state index contributed by atoms with van der Waals surface area (Å²) in [7, 11) is 0. The van der Waals surface area contributed by atoms with Crippen molar-refractivity contribution < 1.29 is 4.79 Å². The number of carbonyl (C=O) groups excluding carboxylic acids is 1. The van der Waals surface area contributed by atoms with Gasteiger partial charge < -0.3 is 5.32 Å². The highest BCUT2D eigenvalue weighted by molar-refractivity contribution is 7.13. The van der Waals surface area contributed by atoms with Crippen molar-refractivity contribution in [3.8, 4) is 10.4 Å². The van der Waals surface area contributed by atoms with Crippen LogP contribution < -0.4 is 5.32 Å². The summed E-state index contributed by atoms with van der Waals surface area (Å²) < 4.78 is 0. The van der Waals surface area contributed by atoms with Crippen LogP contribution in [0, 0.1) is 5.38 Å². The Labute approximate surface area is 98.9 Å². The zero-order valence-electron chi connectivity index (χ0n) is 8.99. The first kappa shape index (κ1) is 10.9. The summed E-state index contributed by atoms with van der Waals surface area (Å²) in [6.45, 7) is 2.11. The number of nitrogens with one attached hydrogen (secondary N) is 1. The standard InChI is InChI=1S/C13H12NOS/c1-10(15)14-9-11-4-6-12(7-5-11)13-3-2-8-16-13/h2-7H,9H2,1H3,(H,14,15). The molecule has 0 aliphatic heterocycles. The predicted molar refractivity (Wildman–Crippen MR) is 66.1 cm³/mol. The van der Waals surface area contributed by atoms with Crippen LogP contribution in [0.2, 0.25) is 0 Å². The van der Waals surface area contributed by atoms with E-state index >= 15 is 0 Å². The Kier molecular flexibility index (Phi) is 3.37. The molecular formula is C13H12NOS. The van der Waals surface area contributed by atoms with Gasteiger partial charge in [-0.05, 0) is 23.3 Å². The highest BCUT2D eigenvalue weighted by atomic mass is 32.1. The molecule has 1 aromatic carbocycles. The van der Waals surface area contributed by atoms with E-state index in [0.717, 1.165) is 5.56 Å². The maximum atomic E-state index is 10.8. The Morgan fingerprint density at radius 2 is 2.06 bits per heavy atom. The van der Waals surface area contributed by atoms with E-state index in [-0.39, 0.29) is 5.91 Å². The largest absolute Gasteiger partial charge is 0.352 e. The van der Waals surface area contributed by atoms with Crippen molar-refractivity contribution in [1.29, 1.82) is 0 Å². The molecular weight excluding hydrogens is 218 g/mol. The molecule has 81 valence electrons. The lowest BCUT2D eigenvalue weighted by molar-refractivity contribution is -0.119. The highest BCUT2D eigenvalue weighted by Gasteiger charge is 1.99. The number of hydrogen-bond donors (Lipinski definition) is 1. The highest BCUT2D eigenvalue weighted by Crippen LogP contribution is 2.24. The molecule has 3 heteroatoms. The molecule has 2 nitrogen and oxygen atoms in total. The fraction of sp³-hybridized carbons (Fsp3) is 0.154. The van der Waals surface area contributed by atoms with E-state index < -0.39 is 0 Å². The van der Waals surface area contributed by atoms with Crippen molar-refractivity contribution in [3.05, 3.63) is 47.3 Å². The zero-order valence-corrected chi connectivity index (χ0v) is 9.80. The first-order valence-corrected chi connectivity index (χ1v) is 5.87. The van der Waals surface area contributed by atoms with Gasteiger partial charge in [0, 0.05) is 23.7 Å². The molecule has 0 spiro atoms. The second-order valence-electron chi connectivity index (χ2n) is 3.52. The lowest BCUT2D eigenvalue weighted by Gasteiger charge is -2.03. The molecule has 0 aliphatic rings. The fourth-order valence-corrected chi connectivity index (χ4v) is 2.06. The average Bonchev–Trinajstić information content (AvgIpc) is 2.80. The van der Waals surface area contributed by atoms with Crippen molar-refractivity contribution >= 4 is 17.2 Å². The van der Waals surface area contributed by atoms with Gasteiger partial charge in [-0.15, -0.1) is 11.3 Å². The molecule has 0 aliphatic carbocycles. The van der Waals surface area contributed by atoms with Crippen molar-refractivity contribution in [3.63, 3.8) is 0 Å². The Bertz CT molecular complexity index is 459. The molecule has 0 bridgehead atoms. The summed E-state index contributed by atoms with van der Waals surface area (Å²) in [5, 5.41) is 5.84. The van der Waals surface area contributed by atoms with E-state index in [9.17, 15) is 4.79 Å². The molecule has 2 rings (SSSR count). The van der Waals surface area contributed by atoms with Crippen LogP contribution in [0.15, 0.2) is 36.4 Å². The smallest absolute Gasteiger partial charge is 0.217 e. The number of hydrogen-bond acceptors (Lipinski definition) is 2. The van der Waals surface area contributed by atoms with E-state index in [2.05, 4.69) is 22.8 Å². The van der Waals surface area contributed by atoms with Crippen LogP contribution in [-0.2, 0) is 11.3 Å². The van der Waals surface area contributed by atoms with Gasteiger partial charge in [0.1, 0.15) is 0 Å². The maximum Gasteiger partial charge on any atom is 0.217 e. The van der Waals surface area contributed by atoms with Gasteiger partial charge in [-0.25, -0.2) is 0 Å². The zero-order chi connectivity index (χ0) is 11.4. The summed E-state index contributed by atoms with van der Waals surface area (Å²) in [6, 6.07) is 12.2. The third kappa shape index (κ3) is 2.70. The van der Waals surface area contributed by atoms with Gasteiger partial charge in [0.05, 0.1) is 0 Å². The Hall–Kier alpha value is -1.61. The van der Waals surface area contributed by atoms with Crippen LogP contribution in [0.5, 0.6) is 0 Å². The minimum atomic E-state index is -0.00284. The van der Waals surface area contributed by atoms with E-state index in [1.807, 2.05) is 24.3 Å². The monoisotopic (exact) mass is 230 g/mol. The van der Waals surface area contributed by atoms with Crippen LogP contribution in [0.25, 0.3) is 10.4 Å². The molecule has 2 aromatic rings. The molecule has 1 aromatic heterocycles. The molecule has 1 N–H and O–H groups in total. The Morgan fingerprint density at radius 1 is 1.31 bits per heavy atom. The first-order valence-electron chi connectivity index (χ1n) is 5.05. The lowest BCUT2D eigenvalue weighted by Crippen LogP contribution is -2.18. The number of rotatable bonds is 3. The molecule has 0 fully saturated rings. The summed E-state index contributed by atoms with van der Waals surface area (Å²) in [6.07, 6.45) is 0. The third-order valence-electron chi connectivity index (χ3n) is 2.25. The Balaban J connectivity index is 2.08. The molecule has 0 saturated carbocycles. The van der Waals surface area contributed by atoms with Crippen molar-refractivity contribution in [1.82, 2.24) is 5.32 Å². The summed E-state index contributed by atoms with van der Waals surface area (Å²) >= 11 is 1.61. The maximum absolute atomic E-state index is 10.8. The molecule has 1 radical (unpaired) electrons. The number of carbonyl (C=O) groups is 1.